The first-order valence-corrected chi connectivity index (χ1v) is 25.7. The van der Waals surface area contributed by atoms with Crippen molar-refractivity contribution in [2.75, 3.05) is 41.0 Å². The maximum absolute atomic E-state index is 12.7. The van der Waals surface area contributed by atoms with Gasteiger partial charge in [-0.3, -0.25) is 9.59 Å². The molecule has 1 N–H and O–H groups in total. The van der Waals surface area contributed by atoms with Crippen LogP contribution in [0.3, 0.4) is 0 Å². The summed E-state index contributed by atoms with van der Waals surface area (Å²) in [5, 5.41) is 9.64. The number of unbranched alkanes of at least 4 members (excludes halogenated alkanes) is 31. The second kappa shape index (κ2) is 43.7. The van der Waals surface area contributed by atoms with Crippen LogP contribution in [-0.4, -0.2) is 80.6 Å². The molecule has 0 heterocycles. The van der Waals surface area contributed by atoms with Crippen molar-refractivity contribution in [3.8, 4) is 0 Å². The third kappa shape index (κ3) is 41.4. The summed E-state index contributed by atoms with van der Waals surface area (Å²) >= 11 is 0. The van der Waals surface area contributed by atoms with Gasteiger partial charge in [-0.25, -0.2) is 4.79 Å². The topological polar surface area (TPSA) is 99.1 Å². The van der Waals surface area contributed by atoms with Crippen LogP contribution in [-0.2, 0) is 28.6 Å². The minimum atomic E-state index is -0.872. The normalized spacial score (nSPS) is 12.9. The lowest BCUT2D eigenvalue weighted by Crippen LogP contribution is -2.50. The number of hydrogen-bond donors (Lipinski definition) is 1. The molecule has 0 aliphatic heterocycles. The van der Waals surface area contributed by atoms with Crippen molar-refractivity contribution >= 4 is 17.9 Å². The van der Waals surface area contributed by atoms with E-state index in [1.807, 2.05) is 21.1 Å². The van der Waals surface area contributed by atoms with Crippen LogP contribution in [0.5, 0.6) is 0 Å². The zero-order chi connectivity index (χ0) is 44.2. The highest BCUT2D eigenvalue weighted by Gasteiger charge is 2.31. The van der Waals surface area contributed by atoms with Gasteiger partial charge in [0.25, 0.3) is 0 Å². The van der Waals surface area contributed by atoms with E-state index >= 15 is 0 Å². The molecule has 0 aromatic rings. The fourth-order valence-corrected chi connectivity index (χ4v) is 7.91. The molecule has 0 saturated carbocycles. The summed E-state index contributed by atoms with van der Waals surface area (Å²) in [5.41, 5.74) is 0. The van der Waals surface area contributed by atoms with E-state index in [9.17, 15) is 19.5 Å². The van der Waals surface area contributed by atoms with Crippen LogP contribution in [0.1, 0.15) is 251 Å². The number of ether oxygens (including phenoxy) is 3. The molecule has 0 aromatic heterocycles. The molecule has 0 saturated heterocycles. The van der Waals surface area contributed by atoms with Gasteiger partial charge in [0, 0.05) is 19.3 Å². The first-order valence-electron chi connectivity index (χ1n) is 25.7. The van der Waals surface area contributed by atoms with Gasteiger partial charge in [-0.2, -0.15) is 0 Å². The lowest BCUT2D eigenvalue weighted by Gasteiger charge is -2.31. The largest absolute Gasteiger partial charge is 0.477 e. The number of rotatable bonds is 47. The van der Waals surface area contributed by atoms with Crippen molar-refractivity contribution in [2.24, 2.45) is 0 Å². The second-order valence-electron chi connectivity index (χ2n) is 18.8. The smallest absolute Gasteiger partial charge is 0.362 e. The zero-order valence-electron chi connectivity index (χ0n) is 40.4. The Morgan fingerprint density at radius 3 is 1.20 bits per heavy atom. The maximum atomic E-state index is 12.7. The summed E-state index contributed by atoms with van der Waals surface area (Å²) in [6.45, 7) is 4.76. The number of hydrogen-bond acceptors (Lipinski definition) is 6. The Kier molecular flexibility index (Phi) is 42.3. The van der Waals surface area contributed by atoms with Gasteiger partial charge in [0.15, 0.2) is 12.1 Å². The summed E-state index contributed by atoms with van der Waals surface area (Å²) in [4.78, 5) is 37.1. The van der Waals surface area contributed by atoms with Crippen LogP contribution in [0.2, 0.25) is 0 Å². The predicted molar refractivity (Wildman–Crippen MR) is 252 cm³/mol. The van der Waals surface area contributed by atoms with Crippen LogP contribution >= 0.6 is 0 Å². The predicted octanol–water partition coefficient (Wildman–Crippen LogP) is 14.6. The number of carbonyl (C=O) groups excluding carboxylic acids is 2. The van der Waals surface area contributed by atoms with Crippen molar-refractivity contribution in [2.45, 2.75) is 264 Å². The summed E-state index contributed by atoms with van der Waals surface area (Å²) in [6, 6.07) is -0.612. The third-order valence-corrected chi connectivity index (χ3v) is 11.9. The van der Waals surface area contributed by atoms with E-state index in [0.717, 1.165) is 51.4 Å². The van der Waals surface area contributed by atoms with Gasteiger partial charge in [0.05, 0.1) is 34.4 Å². The number of esters is 2. The van der Waals surface area contributed by atoms with Gasteiger partial charge in [0.1, 0.15) is 6.61 Å². The molecule has 0 amide bonds. The number of nitrogens with zero attached hydrogens (tertiary/aromatic N) is 1. The van der Waals surface area contributed by atoms with E-state index < -0.39 is 18.1 Å². The molecular formula is C52H100NO7+. The lowest BCUT2D eigenvalue weighted by molar-refractivity contribution is -0.887. The van der Waals surface area contributed by atoms with Crippen molar-refractivity contribution < 1.29 is 38.2 Å². The van der Waals surface area contributed by atoms with E-state index in [1.165, 1.54) is 167 Å². The monoisotopic (exact) mass is 851 g/mol. The van der Waals surface area contributed by atoms with Crippen molar-refractivity contribution in [3.05, 3.63) is 12.2 Å². The molecule has 0 aliphatic carbocycles. The molecule has 0 rings (SSSR count). The van der Waals surface area contributed by atoms with Gasteiger partial charge in [-0.05, 0) is 38.5 Å². The van der Waals surface area contributed by atoms with Crippen LogP contribution in [0.15, 0.2) is 12.2 Å². The SMILES string of the molecule is CCCCCCC/C=C\CCCCCCCC(=O)OC(COCCC(C(=O)O)[N+](C)(C)C)COC(=O)CCCCCCCCCCCCCCCCCCCCCCCC. The van der Waals surface area contributed by atoms with Crippen LogP contribution < -0.4 is 0 Å². The van der Waals surface area contributed by atoms with E-state index in [0.29, 0.717) is 19.3 Å². The second-order valence-corrected chi connectivity index (χ2v) is 18.8. The molecule has 0 aliphatic rings. The first-order chi connectivity index (χ1) is 29.1. The highest BCUT2D eigenvalue weighted by atomic mass is 16.6. The van der Waals surface area contributed by atoms with Crippen LogP contribution in [0, 0.1) is 0 Å². The number of carboxylic acids is 1. The number of quaternary nitrogens is 1. The third-order valence-electron chi connectivity index (χ3n) is 11.9. The Bertz CT molecular complexity index is 993. The average molecular weight is 851 g/mol. The number of carbonyl (C=O) groups is 3. The first kappa shape index (κ1) is 58.1. The van der Waals surface area contributed by atoms with Gasteiger partial charge < -0.3 is 23.8 Å². The molecule has 0 bridgehead atoms. The van der Waals surface area contributed by atoms with Crippen molar-refractivity contribution in [3.63, 3.8) is 0 Å². The molecule has 0 aromatic carbocycles. The fraction of sp³-hybridized carbons (Fsp3) is 0.904. The minimum Gasteiger partial charge on any atom is -0.477 e. The molecular weight excluding hydrogens is 751 g/mol. The van der Waals surface area contributed by atoms with E-state index in [2.05, 4.69) is 26.0 Å². The summed E-state index contributed by atoms with van der Waals surface area (Å²) in [7, 11) is 5.54. The maximum Gasteiger partial charge on any atom is 0.362 e. The Labute approximate surface area is 371 Å². The van der Waals surface area contributed by atoms with Crippen LogP contribution in [0.25, 0.3) is 0 Å². The number of likely N-dealkylation sites (N-methyl/N-ethyl adjacent to an activating group) is 1. The number of allylic oxidation sites excluding steroid dienone is 2. The molecule has 60 heavy (non-hydrogen) atoms. The Balaban J connectivity index is 4.16. The molecule has 2 unspecified atom stereocenters. The Morgan fingerprint density at radius 1 is 0.483 bits per heavy atom. The minimum absolute atomic E-state index is 0.0478. The molecule has 354 valence electrons. The molecule has 0 radical (unpaired) electrons. The Hall–Kier alpha value is -1.93. The lowest BCUT2D eigenvalue weighted by atomic mass is 10.0. The summed E-state index contributed by atoms with van der Waals surface area (Å²) < 4.78 is 17.3. The van der Waals surface area contributed by atoms with E-state index in [1.54, 1.807) is 0 Å². The standard InChI is InChI=1S/C52H99NO7/c1-6-8-10-12-14-16-18-20-22-23-24-25-26-27-28-29-31-32-34-36-38-40-42-50(54)59-47-48(46-58-45-44-49(52(56)57)53(3,4)5)60-51(55)43-41-39-37-35-33-30-21-19-17-15-13-11-9-7-2/h19,21,48-49H,6-18,20,22-47H2,1-5H3/p+1/b21-19-. The van der Waals surface area contributed by atoms with Crippen molar-refractivity contribution in [1.29, 1.82) is 0 Å². The average Bonchev–Trinajstić information content (AvgIpc) is 3.21. The van der Waals surface area contributed by atoms with Crippen LogP contribution in [0.4, 0.5) is 0 Å². The number of aliphatic carboxylic acids is 1. The zero-order valence-corrected chi connectivity index (χ0v) is 40.4. The van der Waals surface area contributed by atoms with Gasteiger partial charge in [-0.1, -0.05) is 206 Å². The molecule has 0 fully saturated rings. The molecule has 8 nitrogen and oxygen atoms in total. The van der Waals surface area contributed by atoms with Crippen molar-refractivity contribution in [1.82, 2.24) is 0 Å². The van der Waals surface area contributed by atoms with Gasteiger partial charge in [-0.15, -0.1) is 0 Å². The molecule has 0 spiro atoms. The number of carboxylic acid groups (broad SMARTS) is 1. The Morgan fingerprint density at radius 2 is 0.833 bits per heavy atom. The molecule has 8 heteroatoms. The fourth-order valence-electron chi connectivity index (χ4n) is 7.91. The highest BCUT2D eigenvalue weighted by molar-refractivity contribution is 5.72. The van der Waals surface area contributed by atoms with Gasteiger partial charge in [0.2, 0.25) is 0 Å². The highest BCUT2D eigenvalue weighted by Crippen LogP contribution is 2.17. The molecule has 2 atom stereocenters. The summed E-state index contributed by atoms with van der Waals surface area (Å²) in [5.74, 6) is -1.46. The summed E-state index contributed by atoms with van der Waals surface area (Å²) in [6.07, 6.45) is 48.3. The van der Waals surface area contributed by atoms with Gasteiger partial charge >= 0.3 is 17.9 Å². The van der Waals surface area contributed by atoms with E-state index in [-0.39, 0.29) is 36.2 Å². The quantitative estimate of drug-likeness (QED) is 0.0282. The van der Waals surface area contributed by atoms with E-state index in [4.69, 9.17) is 14.2 Å².